The summed E-state index contributed by atoms with van der Waals surface area (Å²) < 4.78 is 0.948. The van der Waals surface area contributed by atoms with Crippen molar-refractivity contribution in [2.45, 2.75) is 20.8 Å². The Balaban J connectivity index is 1.15. The maximum Gasteiger partial charge on any atom is 0.232 e. The summed E-state index contributed by atoms with van der Waals surface area (Å²) in [4.78, 5) is 16.6. The topological polar surface area (TPSA) is 144 Å². The van der Waals surface area contributed by atoms with Gasteiger partial charge in [0.05, 0.1) is 11.4 Å². The number of rotatable bonds is 6. The van der Waals surface area contributed by atoms with Crippen LogP contribution in [0.2, 0.25) is 0 Å². The molecule has 0 aliphatic carbocycles. The normalized spacial score (nSPS) is 11.3. The van der Waals surface area contributed by atoms with Gasteiger partial charge in [-0.2, -0.15) is 19.7 Å². The van der Waals surface area contributed by atoms with Crippen LogP contribution in [0.4, 0.5) is 23.3 Å². The Bertz CT molecular complexity index is 1960. The third-order valence-electron chi connectivity index (χ3n) is 6.85. The number of aromatic hydroxyl groups is 1. The van der Waals surface area contributed by atoms with Crippen LogP contribution in [0, 0.1) is 24.3 Å². The fourth-order valence-corrected chi connectivity index (χ4v) is 5.31. The van der Waals surface area contributed by atoms with Gasteiger partial charge in [0.2, 0.25) is 11.9 Å². The number of aryl methyl sites for hydroxylation is 3. The van der Waals surface area contributed by atoms with Crippen molar-refractivity contribution < 1.29 is 5.11 Å². The number of phenolic OH excluding ortho intramolecular Hbond substituents is 1. The van der Waals surface area contributed by atoms with Gasteiger partial charge in [-0.3, -0.25) is 0 Å². The zero-order valence-electron chi connectivity index (χ0n) is 23.3. The van der Waals surface area contributed by atoms with Crippen molar-refractivity contribution in [3.8, 4) is 17.1 Å². The van der Waals surface area contributed by atoms with Crippen molar-refractivity contribution in [2.24, 2.45) is 0 Å². The maximum atomic E-state index is 10.9. The molecule has 7 aromatic rings. The van der Waals surface area contributed by atoms with Crippen LogP contribution in [-0.4, -0.2) is 50.0 Å². The molecule has 0 spiro atoms. The van der Waals surface area contributed by atoms with Crippen LogP contribution < -0.4 is 10.6 Å². The number of halogens is 1. The predicted octanol–water partition coefficient (Wildman–Crippen LogP) is 6.06. The summed E-state index contributed by atoms with van der Waals surface area (Å²) >= 11 is 2.27. The number of fused-ring (bicyclic) bond motifs is 2. The van der Waals surface area contributed by atoms with Gasteiger partial charge < -0.3 is 15.7 Å². The van der Waals surface area contributed by atoms with Crippen molar-refractivity contribution >= 4 is 67.9 Å². The van der Waals surface area contributed by atoms with E-state index in [1.807, 2.05) is 80.6 Å². The van der Waals surface area contributed by atoms with Gasteiger partial charge in [-0.25, -0.2) is 0 Å². The lowest BCUT2D eigenvalue weighted by Crippen LogP contribution is -2.08. The van der Waals surface area contributed by atoms with E-state index in [2.05, 4.69) is 68.6 Å². The number of hydrogen-bond acceptors (Lipinski definition) is 10. The average Bonchev–Trinajstić information content (AvgIpc) is 3.61. The Kier molecular flexibility index (Phi) is 6.57. The molecular formula is C30H24IN11O. The fraction of sp³-hybridized carbons (Fsp3) is 0.100. The summed E-state index contributed by atoms with van der Waals surface area (Å²) in [7, 11) is 0. The molecule has 0 saturated carbocycles. The molecule has 0 amide bonds. The number of anilines is 4. The number of benzene rings is 4. The number of hydrogen-bond donors (Lipinski definition) is 3. The molecule has 0 radical (unpaired) electrons. The van der Waals surface area contributed by atoms with Crippen LogP contribution in [0.3, 0.4) is 0 Å². The van der Waals surface area contributed by atoms with Gasteiger partial charge in [-0.15, -0.1) is 25.2 Å². The third-order valence-corrected chi connectivity index (χ3v) is 7.74. The van der Waals surface area contributed by atoms with Crippen LogP contribution >= 0.6 is 22.6 Å². The second kappa shape index (κ2) is 10.6. The SMILES string of the molecule is Cc1nc(Nc2cc(O)c(-n3nc4ccccc4n3)cc2C)nc(Nc2cc(C)c(-n3nc4ccccc4n3)cc2I)n1. The predicted molar refractivity (Wildman–Crippen MR) is 173 cm³/mol. The van der Waals surface area contributed by atoms with E-state index in [1.165, 1.54) is 4.80 Å². The quantitative estimate of drug-likeness (QED) is 0.177. The molecule has 0 aliphatic rings. The summed E-state index contributed by atoms with van der Waals surface area (Å²) in [5, 5.41) is 35.6. The second-order valence-electron chi connectivity index (χ2n) is 10.0. The highest BCUT2D eigenvalue weighted by atomic mass is 127. The van der Waals surface area contributed by atoms with E-state index < -0.39 is 0 Å². The van der Waals surface area contributed by atoms with Crippen molar-refractivity contribution in [3.63, 3.8) is 0 Å². The molecule has 212 valence electrons. The Labute approximate surface area is 259 Å². The van der Waals surface area contributed by atoms with Crippen molar-refractivity contribution in [2.75, 3.05) is 10.6 Å². The molecule has 12 nitrogen and oxygen atoms in total. The largest absolute Gasteiger partial charge is 0.506 e. The zero-order valence-corrected chi connectivity index (χ0v) is 25.4. The first-order valence-electron chi connectivity index (χ1n) is 13.4. The van der Waals surface area contributed by atoms with Crippen molar-refractivity contribution in [1.82, 2.24) is 44.9 Å². The van der Waals surface area contributed by atoms with E-state index in [0.29, 0.717) is 29.1 Å². The first-order valence-corrected chi connectivity index (χ1v) is 14.4. The molecule has 0 atom stereocenters. The Hall–Kier alpha value is -5.18. The first-order chi connectivity index (χ1) is 20.8. The monoisotopic (exact) mass is 681 g/mol. The van der Waals surface area contributed by atoms with Gasteiger partial charge in [-0.05, 0) is 97.0 Å². The molecular weight excluding hydrogens is 657 g/mol. The van der Waals surface area contributed by atoms with Crippen LogP contribution in [0.15, 0.2) is 72.8 Å². The fourth-order valence-electron chi connectivity index (χ4n) is 4.73. The van der Waals surface area contributed by atoms with Crippen molar-refractivity contribution in [3.05, 3.63) is 93.3 Å². The highest BCUT2D eigenvalue weighted by molar-refractivity contribution is 14.1. The number of phenols is 1. The number of nitrogens with one attached hydrogen (secondary N) is 2. The molecule has 13 heteroatoms. The van der Waals surface area contributed by atoms with Crippen LogP contribution in [-0.2, 0) is 0 Å². The van der Waals surface area contributed by atoms with Gasteiger partial charge in [0, 0.05) is 15.3 Å². The van der Waals surface area contributed by atoms with Crippen LogP contribution in [0.5, 0.6) is 5.75 Å². The molecule has 7 rings (SSSR count). The molecule has 3 aromatic heterocycles. The molecule has 0 aliphatic heterocycles. The minimum Gasteiger partial charge on any atom is -0.506 e. The Morgan fingerprint density at radius 3 is 1.67 bits per heavy atom. The van der Waals surface area contributed by atoms with Crippen LogP contribution in [0.25, 0.3) is 33.4 Å². The smallest absolute Gasteiger partial charge is 0.232 e. The summed E-state index contributed by atoms with van der Waals surface area (Å²) in [6.45, 7) is 5.73. The molecule has 0 saturated heterocycles. The van der Waals surface area contributed by atoms with E-state index in [-0.39, 0.29) is 5.75 Å². The standard InChI is InChI=1S/C30H24IN11O/c1-16-13-27(42-39-22-10-6-7-11-23(22)40-42)28(43)15-24(16)34-29-32-18(3)33-30(36-29)35-25-12-17(2)26(14-19(25)31)41-37-20-8-4-5-9-21(20)38-41/h4-15,43H,1-3H3,(H2,32,33,34,35,36). The van der Waals surface area contributed by atoms with Gasteiger partial charge in [0.1, 0.15) is 39.3 Å². The molecule has 0 fully saturated rings. The van der Waals surface area contributed by atoms with Gasteiger partial charge in [0.25, 0.3) is 0 Å². The van der Waals surface area contributed by atoms with Gasteiger partial charge in [-0.1, -0.05) is 24.3 Å². The molecule has 4 aromatic carbocycles. The first kappa shape index (κ1) is 26.7. The minimum absolute atomic E-state index is 0.0159. The van der Waals surface area contributed by atoms with E-state index in [0.717, 1.165) is 48.1 Å². The third kappa shape index (κ3) is 5.18. The van der Waals surface area contributed by atoms with Gasteiger partial charge >= 0.3 is 0 Å². The summed E-state index contributed by atoms with van der Waals surface area (Å²) in [5.74, 6) is 1.27. The molecule has 3 heterocycles. The van der Waals surface area contributed by atoms with E-state index in [4.69, 9.17) is 0 Å². The lowest BCUT2D eigenvalue weighted by atomic mass is 10.1. The molecule has 43 heavy (non-hydrogen) atoms. The molecule has 0 bridgehead atoms. The minimum atomic E-state index is 0.0159. The van der Waals surface area contributed by atoms with E-state index >= 15 is 0 Å². The highest BCUT2D eigenvalue weighted by Crippen LogP contribution is 2.31. The van der Waals surface area contributed by atoms with E-state index in [9.17, 15) is 5.11 Å². The second-order valence-corrected chi connectivity index (χ2v) is 11.2. The summed E-state index contributed by atoms with van der Waals surface area (Å²) in [5.41, 5.74) is 7.84. The Morgan fingerprint density at radius 1 is 0.605 bits per heavy atom. The zero-order chi connectivity index (χ0) is 29.7. The average molecular weight is 682 g/mol. The molecule has 0 unspecified atom stereocenters. The lowest BCUT2D eigenvalue weighted by Gasteiger charge is -2.14. The van der Waals surface area contributed by atoms with E-state index in [1.54, 1.807) is 17.8 Å². The number of nitrogens with zero attached hydrogens (tertiary/aromatic N) is 9. The lowest BCUT2D eigenvalue weighted by molar-refractivity contribution is 0.468. The highest BCUT2D eigenvalue weighted by Gasteiger charge is 2.15. The van der Waals surface area contributed by atoms with Crippen LogP contribution in [0.1, 0.15) is 17.0 Å². The van der Waals surface area contributed by atoms with Crippen molar-refractivity contribution in [1.29, 1.82) is 0 Å². The molecule has 3 N–H and O–H groups in total. The van der Waals surface area contributed by atoms with Gasteiger partial charge in [0.15, 0.2) is 0 Å². The summed E-state index contributed by atoms with van der Waals surface area (Å²) in [6, 6.07) is 22.8. The number of aromatic nitrogens is 9. The summed E-state index contributed by atoms with van der Waals surface area (Å²) in [6.07, 6.45) is 0. The Morgan fingerprint density at radius 2 is 1.12 bits per heavy atom. The maximum absolute atomic E-state index is 10.9.